The lowest BCUT2D eigenvalue weighted by Gasteiger charge is -2.58. The van der Waals surface area contributed by atoms with Crippen molar-refractivity contribution in [3.8, 4) is 6.07 Å². The Morgan fingerprint density at radius 1 is 1.06 bits per heavy atom. The Morgan fingerprint density at radius 3 is 2.55 bits per heavy atom. The van der Waals surface area contributed by atoms with Crippen molar-refractivity contribution in [2.45, 2.75) is 97.1 Å². The molecule has 0 aliphatic heterocycles. The molecule has 180 valence electrons. The SMILES string of the molecule is C[C@H](Cn1cc(C#N)cn1)[C@H]1C[C@@H](C2CC2)[C@H]2[C@@H]3CC[C@@H]4C[C@](C)(O)CC[C@@H]4[C@H]3CC[C@@]21C. The second kappa shape index (κ2) is 7.84. The quantitative estimate of drug-likeness (QED) is 0.609. The third-order valence-corrected chi connectivity index (χ3v) is 11.5. The molecule has 1 heterocycles. The van der Waals surface area contributed by atoms with E-state index in [1.54, 1.807) is 6.20 Å². The van der Waals surface area contributed by atoms with Crippen LogP contribution in [0.1, 0.15) is 90.5 Å². The molecule has 5 aliphatic carbocycles. The maximum atomic E-state index is 10.7. The maximum Gasteiger partial charge on any atom is 0.102 e. The molecule has 1 N–H and O–H groups in total. The molecule has 1 aromatic rings. The van der Waals surface area contributed by atoms with E-state index >= 15 is 0 Å². The van der Waals surface area contributed by atoms with Crippen molar-refractivity contribution < 1.29 is 5.11 Å². The molecule has 0 bridgehead atoms. The summed E-state index contributed by atoms with van der Waals surface area (Å²) in [6.07, 6.45) is 16.9. The molecule has 6 rings (SSSR count). The fraction of sp³-hybridized carbons (Fsp3) is 0.862. The van der Waals surface area contributed by atoms with E-state index in [4.69, 9.17) is 0 Å². The standard InChI is InChI=1S/C29H43N3O/c1-18(16-32-17-19(14-30)15-31-32)26-12-25(20-4-5-20)27-24-7-6-21-13-28(2,33)10-8-22(21)23(24)9-11-29(26,27)3/h15,17-18,20-27,33H,4-13,16H2,1-3H3/t18-,21-,22+,23-,24-,25+,26-,27-,28-,29-/m1/s1. The van der Waals surface area contributed by atoms with Gasteiger partial charge >= 0.3 is 0 Å². The average molecular weight is 450 g/mol. The zero-order valence-corrected chi connectivity index (χ0v) is 20.9. The molecule has 0 amide bonds. The van der Waals surface area contributed by atoms with Crippen molar-refractivity contribution in [1.29, 1.82) is 5.26 Å². The molecule has 1 aromatic heterocycles. The summed E-state index contributed by atoms with van der Waals surface area (Å²) in [5.74, 6) is 7.69. The van der Waals surface area contributed by atoms with Gasteiger partial charge in [-0.3, -0.25) is 4.68 Å². The Labute approximate surface area is 200 Å². The van der Waals surface area contributed by atoms with Crippen LogP contribution in [-0.4, -0.2) is 20.5 Å². The minimum absolute atomic E-state index is 0.417. The fourth-order valence-corrected chi connectivity index (χ4v) is 10.1. The Bertz CT molecular complexity index is 926. The van der Waals surface area contributed by atoms with Crippen molar-refractivity contribution >= 4 is 0 Å². The van der Waals surface area contributed by atoms with E-state index in [9.17, 15) is 10.4 Å². The van der Waals surface area contributed by atoms with Crippen LogP contribution in [0.25, 0.3) is 0 Å². The zero-order chi connectivity index (χ0) is 23.0. The van der Waals surface area contributed by atoms with Gasteiger partial charge in [-0.2, -0.15) is 10.4 Å². The van der Waals surface area contributed by atoms with E-state index < -0.39 is 5.60 Å². The Balaban J connectivity index is 1.25. The second-order valence-electron chi connectivity index (χ2n) is 13.5. The van der Waals surface area contributed by atoms with E-state index in [1.807, 2.05) is 10.9 Å². The molecule has 0 saturated heterocycles. The second-order valence-corrected chi connectivity index (χ2v) is 13.5. The highest BCUT2D eigenvalue weighted by atomic mass is 16.3. The molecule has 33 heavy (non-hydrogen) atoms. The van der Waals surface area contributed by atoms with Gasteiger partial charge in [0.25, 0.3) is 0 Å². The Hall–Kier alpha value is -1.34. The molecule has 5 fully saturated rings. The molecule has 0 radical (unpaired) electrons. The third-order valence-electron chi connectivity index (χ3n) is 11.5. The number of aromatic nitrogens is 2. The van der Waals surface area contributed by atoms with Crippen LogP contribution in [0, 0.1) is 70.0 Å². The van der Waals surface area contributed by atoms with Gasteiger partial charge in [0.15, 0.2) is 0 Å². The first-order chi connectivity index (χ1) is 15.8. The fourth-order valence-electron chi connectivity index (χ4n) is 10.1. The van der Waals surface area contributed by atoms with Gasteiger partial charge in [0, 0.05) is 12.7 Å². The number of fused-ring (bicyclic) bond motifs is 5. The highest BCUT2D eigenvalue weighted by Crippen LogP contribution is 2.70. The summed E-state index contributed by atoms with van der Waals surface area (Å²) in [6.45, 7) is 8.17. The molecule has 4 heteroatoms. The van der Waals surface area contributed by atoms with Gasteiger partial charge < -0.3 is 5.11 Å². The summed E-state index contributed by atoms with van der Waals surface area (Å²) in [7, 11) is 0. The van der Waals surface area contributed by atoms with Gasteiger partial charge in [-0.25, -0.2) is 0 Å². The minimum atomic E-state index is -0.417. The van der Waals surface area contributed by atoms with Crippen LogP contribution < -0.4 is 0 Å². The highest BCUT2D eigenvalue weighted by molar-refractivity contribution is 5.21. The van der Waals surface area contributed by atoms with Crippen LogP contribution >= 0.6 is 0 Å². The lowest BCUT2D eigenvalue weighted by Crippen LogP contribution is -2.52. The van der Waals surface area contributed by atoms with Crippen LogP contribution in [0.5, 0.6) is 0 Å². The molecule has 0 unspecified atom stereocenters. The van der Waals surface area contributed by atoms with E-state index in [1.165, 1.54) is 51.4 Å². The number of hydrogen-bond donors (Lipinski definition) is 1. The topological polar surface area (TPSA) is 61.8 Å². The van der Waals surface area contributed by atoms with Crippen molar-refractivity contribution in [3.63, 3.8) is 0 Å². The summed E-state index contributed by atoms with van der Waals surface area (Å²) in [5.41, 5.74) is 0.725. The predicted molar refractivity (Wildman–Crippen MR) is 129 cm³/mol. The molecule has 4 nitrogen and oxygen atoms in total. The number of nitriles is 1. The molecular weight excluding hydrogens is 406 g/mol. The molecule has 5 aliphatic rings. The maximum absolute atomic E-state index is 10.7. The highest BCUT2D eigenvalue weighted by Gasteiger charge is 2.63. The van der Waals surface area contributed by atoms with Gasteiger partial charge in [-0.15, -0.1) is 0 Å². The first kappa shape index (κ1) is 22.1. The monoisotopic (exact) mass is 449 g/mol. The molecular formula is C29H43N3O. The summed E-state index contributed by atoms with van der Waals surface area (Å²) in [5, 5.41) is 24.4. The molecule has 10 atom stereocenters. The van der Waals surface area contributed by atoms with Gasteiger partial charge in [-0.1, -0.05) is 13.8 Å². The number of rotatable bonds is 4. The largest absolute Gasteiger partial charge is 0.390 e. The van der Waals surface area contributed by atoms with Gasteiger partial charge in [0.05, 0.1) is 17.4 Å². The summed E-state index contributed by atoms with van der Waals surface area (Å²) < 4.78 is 2.02. The zero-order valence-electron chi connectivity index (χ0n) is 20.9. The van der Waals surface area contributed by atoms with E-state index in [-0.39, 0.29) is 0 Å². The van der Waals surface area contributed by atoms with E-state index in [0.717, 1.165) is 66.7 Å². The van der Waals surface area contributed by atoms with Crippen LogP contribution in [-0.2, 0) is 6.54 Å². The Kier molecular flexibility index (Phi) is 5.26. The lowest BCUT2D eigenvalue weighted by molar-refractivity contribution is -0.110. The lowest BCUT2D eigenvalue weighted by atomic mass is 9.47. The van der Waals surface area contributed by atoms with E-state index in [2.05, 4.69) is 31.9 Å². The molecule has 0 aromatic carbocycles. The first-order valence-corrected chi connectivity index (χ1v) is 13.9. The van der Waals surface area contributed by atoms with Crippen molar-refractivity contribution in [3.05, 3.63) is 18.0 Å². The van der Waals surface area contributed by atoms with Gasteiger partial charge in [-0.05, 0) is 130 Å². The third kappa shape index (κ3) is 3.69. The van der Waals surface area contributed by atoms with Crippen molar-refractivity contribution in [2.24, 2.45) is 58.7 Å². The van der Waals surface area contributed by atoms with Crippen LogP contribution in [0.15, 0.2) is 12.4 Å². The van der Waals surface area contributed by atoms with Crippen molar-refractivity contribution in [2.75, 3.05) is 0 Å². The first-order valence-electron chi connectivity index (χ1n) is 13.9. The number of nitrogens with zero attached hydrogens (tertiary/aromatic N) is 3. The predicted octanol–water partition coefficient (Wildman–Crippen LogP) is 6.05. The number of hydrogen-bond acceptors (Lipinski definition) is 3. The molecule has 0 spiro atoms. The Morgan fingerprint density at radius 2 is 1.82 bits per heavy atom. The normalized spacial score (nSPS) is 47.8. The van der Waals surface area contributed by atoms with Crippen LogP contribution in [0.4, 0.5) is 0 Å². The summed E-state index contributed by atoms with van der Waals surface area (Å²) >= 11 is 0. The van der Waals surface area contributed by atoms with Gasteiger partial charge in [0.1, 0.15) is 6.07 Å². The minimum Gasteiger partial charge on any atom is -0.390 e. The van der Waals surface area contributed by atoms with Gasteiger partial charge in [0.2, 0.25) is 0 Å². The smallest absolute Gasteiger partial charge is 0.102 e. The van der Waals surface area contributed by atoms with Crippen LogP contribution in [0.3, 0.4) is 0 Å². The van der Waals surface area contributed by atoms with Crippen molar-refractivity contribution in [1.82, 2.24) is 9.78 Å². The van der Waals surface area contributed by atoms with E-state index in [0.29, 0.717) is 16.9 Å². The van der Waals surface area contributed by atoms with Crippen LogP contribution in [0.2, 0.25) is 0 Å². The summed E-state index contributed by atoms with van der Waals surface area (Å²) in [6, 6.07) is 2.23. The number of aliphatic hydroxyl groups is 1. The summed E-state index contributed by atoms with van der Waals surface area (Å²) in [4.78, 5) is 0. The average Bonchev–Trinajstić information content (AvgIpc) is 3.43. The molecule has 5 saturated carbocycles.